The Hall–Kier alpha value is -1.86. The van der Waals surface area contributed by atoms with E-state index in [9.17, 15) is 4.79 Å². The van der Waals surface area contributed by atoms with Gasteiger partial charge in [0.15, 0.2) is 0 Å². The first-order valence-corrected chi connectivity index (χ1v) is 8.72. The van der Waals surface area contributed by atoms with Gasteiger partial charge in [-0.2, -0.15) is 5.26 Å². The Balaban J connectivity index is 1.60. The normalized spacial score (nSPS) is 25.9. The summed E-state index contributed by atoms with van der Waals surface area (Å²) in [5.41, 5.74) is 1.27. The van der Waals surface area contributed by atoms with Gasteiger partial charge in [-0.3, -0.25) is 9.69 Å². The van der Waals surface area contributed by atoms with Crippen LogP contribution < -0.4 is 5.32 Å². The molecule has 0 aromatic heterocycles. The molecule has 0 radical (unpaired) electrons. The lowest BCUT2D eigenvalue weighted by molar-refractivity contribution is -0.122. The largest absolute Gasteiger partial charge is 0.325 e. The third-order valence-electron chi connectivity index (χ3n) is 5.51. The minimum atomic E-state index is -0.122. The highest BCUT2D eigenvalue weighted by atomic mass is 16.2. The number of piperidine rings is 1. The number of benzene rings is 1. The van der Waals surface area contributed by atoms with Crippen LogP contribution in [0.1, 0.15) is 44.6 Å². The van der Waals surface area contributed by atoms with Crippen molar-refractivity contribution in [3.63, 3.8) is 0 Å². The minimum Gasteiger partial charge on any atom is -0.325 e. The number of rotatable bonds is 3. The summed E-state index contributed by atoms with van der Waals surface area (Å²) in [4.78, 5) is 14.9. The predicted octanol–water partition coefficient (Wildman–Crippen LogP) is 3.40. The van der Waals surface area contributed by atoms with E-state index in [1.807, 2.05) is 13.0 Å². The van der Waals surface area contributed by atoms with Gasteiger partial charge in [0.1, 0.15) is 0 Å². The molecule has 0 bridgehead atoms. The standard InChI is InChI=1S/C19H25N3O/c1-14(19(23)21-18-8-4-5-15(11-18)12-20)22-10-9-16-6-2-3-7-17(16)13-22/h4-5,8,11,14,16-17H,2-3,6-7,9-10,13H2,1H3,(H,21,23)/t14-,16-,17+/m0/s1. The molecule has 122 valence electrons. The molecule has 1 aromatic carbocycles. The van der Waals surface area contributed by atoms with Crippen molar-refractivity contribution < 1.29 is 4.79 Å². The van der Waals surface area contributed by atoms with E-state index in [4.69, 9.17) is 5.26 Å². The number of carbonyl (C=O) groups excluding carboxylic acids is 1. The molecule has 4 nitrogen and oxygen atoms in total. The first-order chi connectivity index (χ1) is 11.2. The lowest BCUT2D eigenvalue weighted by atomic mass is 9.75. The van der Waals surface area contributed by atoms with E-state index in [-0.39, 0.29) is 11.9 Å². The Bertz CT molecular complexity index is 607. The summed E-state index contributed by atoms with van der Waals surface area (Å²) < 4.78 is 0. The maximum Gasteiger partial charge on any atom is 0.241 e. The van der Waals surface area contributed by atoms with Crippen molar-refractivity contribution in [1.82, 2.24) is 4.90 Å². The number of hydrogen-bond donors (Lipinski definition) is 1. The highest BCUT2D eigenvalue weighted by molar-refractivity contribution is 5.94. The van der Waals surface area contributed by atoms with Gasteiger partial charge in [0.25, 0.3) is 0 Å². The van der Waals surface area contributed by atoms with E-state index in [0.29, 0.717) is 11.3 Å². The van der Waals surface area contributed by atoms with E-state index in [1.165, 1.54) is 32.1 Å². The van der Waals surface area contributed by atoms with Crippen LogP contribution >= 0.6 is 0 Å². The van der Waals surface area contributed by atoms with Gasteiger partial charge in [-0.05, 0) is 56.3 Å². The summed E-state index contributed by atoms with van der Waals surface area (Å²) in [6, 6.07) is 9.07. The van der Waals surface area contributed by atoms with E-state index >= 15 is 0 Å². The smallest absolute Gasteiger partial charge is 0.241 e. The zero-order chi connectivity index (χ0) is 16.2. The minimum absolute atomic E-state index is 0.0225. The molecule has 1 amide bonds. The van der Waals surface area contributed by atoms with Crippen LogP contribution in [0.2, 0.25) is 0 Å². The zero-order valence-corrected chi connectivity index (χ0v) is 13.8. The van der Waals surface area contributed by atoms with Gasteiger partial charge in [0.05, 0.1) is 17.7 Å². The van der Waals surface area contributed by atoms with Crippen LogP contribution in [0.3, 0.4) is 0 Å². The van der Waals surface area contributed by atoms with E-state index < -0.39 is 0 Å². The van der Waals surface area contributed by atoms with Gasteiger partial charge >= 0.3 is 0 Å². The van der Waals surface area contributed by atoms with Gasteiger partial charge in [-0.15, -0.1) is 0 Å². The maximum atomic E-state index is 12.5. The lowest BCUT2D eigenvalue weighted by Crippen LogP contribution is -2.49. The molecule has 23 heavy (non-hydrogen) atoms. The molecule has 3 atom stereocenters. The van der Waals surface area contributed by atoms with Crippen molar-refractivity contribution in [3.05, 3.63) is 29.8 Å². The third kappa shape index (κ3) is 3.73. The molecule has 3 rings (SSSR count). The Morgan fingerprint density at radius 1 is 1.30 bits per heavy atom. The number of hydrogen-bond acceptors (Lipinski definition) is 3. The monoisotopic (exact) mass is 311 g/mol. The topological polar surface area (TPSA) is 56.1 Å². The summed E-state index contributed by atoms with van der Waals surface area (Å²) in [7, 11) is 0. The molecule has 1 saturated heterocycles. The molecule has 1 aliphatic heterocycles. The molecule has 2 fully saturated rings. The molecule has 0 unspecified atom stereocenters. The summed E-state index contributed by atoms with van der Waals surface area (Å²) in [6.45, 7) is 4.07. The molecule has 1 N–H and O–H groups in total. The maximum absolute atomic E-state index is 12.5. The highest BCUT2D eigenvalue weighted by Crippen LogP contribution is 2.36. The third-order valence-corrected chi connectivity index (χ3v) is 5.51. The number of carbonyl (C=O) groups is 1. The van der Waals surface area contributed by atoms with Gasteiger partial charge < -0.3 is 5.32 Å². The van der Waals surface area contributed by atoms with Crippen molar-refractivity contribution in [2.75, 3.05) is 18.4 Å². The molecule has 0 spiro atoms. The summed E-state index contributed by atoms with van der Waals surface area (Å²) in [6.07, 6.45) is 6.65. The Labute approximate surface area is 138 Å². The number of fused-ring (bicyclic) bond motifs is 1. The van der Waals surface area contributed by atoms with Crippen LogP contribution in [0.4, 0.5) is 5.69 Å². The van der Waals surface area contributed by atoms with Crippen LogP contribution in [0.25, 0.3) is 0 Å². The number of nitrogens with zero attached hydrogens (tertiary/aromatic N) is 2. The van der Waals surface area contributed by atoms with E-state index in [0.717, 1.165) is 24.9 Å². The molecular formula is C19H25N3O. The van der Waals surface area contributed by atoms with Crippen LogP contribution in [0, 0.1) is 23.2 Å². The Morgan fingerprint density at radius 2 is 2.09 bits per heavy atom. The van der Waals surface area contributed by atoms with Gasteiger partial charge in [0, 0.05) is 12.2 Å². The Morgan fingerprint density at radius 3 is 2.87 bits per heavy atom. The number of likely N-dealkylation sites (tertiary alicyclic amines) is 1. The van der Waals surface area contributed by atoms with Gasteiger partial charge in [-0.25, -0.2) is 0 Å². The van der Waals surface area contributed by atoms with Crippen molar-refractivity contribution in [1.29, 1.82) is 5.26 Å². The number of anilines is 1. The molecule has 2 aliphatic rings. The molecule has 1 aromatic rings. The van der Waals surface area contributed by atoms with Gasteiger partial charge in [-0.1, -0.05) is 25.3 Å². The first kappa shape index (κ1) is 16.0. The van der Waals surface area contributed by atoms with Crippen molar-refractivity contribution in [3.8, 4) is 6.07 Å². The second-order valence-corrected chi connectivity index (χ2v) is 6.95. The van der Waals surface area contributed by atoms with Crippen molar-refractivity contribution in [2.24, 2.45) is 11.8 Å². The summed E-state index contributed by atoms with van der Waals surface area (Å²) >= 11 is 0. The van der Waals surface area contributed by atoms with Crippen molar-refractivity contribution >= 4 is 11.6 Å². The summed E-state index contributed by atoms with van der Waals surface area (Å²) in [5, 5.41) is 11.9. The van der Waals surface area contributed by atoms with Crippen LogP contribution in [-0.2, 0) is 4.79 Å². The zero-order valence-electron chi connectivity index (χ0n) is 13.8. The van der Waals surface area contributed by atoms with Crippen LogP contribution in [0.5, 0.6) is 0 Å². The number of amides is 1. The second-order valence-electron chi connectivity index (χ2n) is 6.95. The molecular weight excluding hydrogens is 286 g/mol. The fraction of sp³-hybridized carbons (Fsp3) is 0.579. The molecule has 1 saturated carbocycles. The number of nitrogens with one attached hydrogen (secondary N) is 1. The lowest BCUT2D eigenvalue weighted by Gasteiger charge is -2.43. The van der Waals surface area contributed by atoms with Crippen LogP contribution in [0.15, 0.2) is 24.3 Å². The highest BCUT2D eigenvalue weighted by Gasteiger charge is 2.34. The van der Waals surface area contributed by atoms with E-state index in [2.05, 4.69) is 16.3 Å². The fourth-order valence-corrected chi connectivity index (χ4v) is 4.06. The SMILES string of the molecule is C[C@@H](C(=O)Nc1cccc(C#N)c1)N1CC[C@@H]2CCCC[C@@H]2C1. The van der Waals surface area contributed by atoms with Gasteiger partial charge in [0.2, 0.25) is 5.91 Å². The fourth-order valence-electron chi connectivity index (χ4n) is 4.06. The summed E-state index contributed by atoms with van der Waals surface area (Å²) in [5.74, 6) is 1.67. The molecule has 1 aliphatic carbocycles. The van der Waals surface area contributed by atoms with E-state index in [1.54, 1.807) is 18.2 Å². The van der Waals surface area contributed by atoms with Crippen molar-refractivity contribution in [2.45, 2.75) is 45.1 Å². The van der Waals surface area contributed by atoms with Crippen LogP contribution in [-0.4, -0.2) is 29.9 Å². The average Bonchev–Trinajstić information content (AvgIpc) is 2.60. The first-order valence-electron chi connectivity index (χ1n) is 8.72. The predicted molar refractivity (Wildman–Crippen MR) is 90.9 cm³/mol. The second kappa shape index (κ2) is 7.14. The molecule has 1 heterocycles. The Kier molecular flexibility index (Phi) is 4.97. The quantitative estimate of drug-likeness (QED) is 0.931. The molecule has 4 heteroatoms. The average molecular weight is 311 g/mol. The number of nitriles is 1.